The maximum atomic E-state index is 11.0. The number of aliphatic hydroxyl groups excluding tert-OH is 1. The van der Waals surface area contributed by atoms with Gasteiger partial charge in [0.05, 0.1) is 6.10 Å². The van der Waals surface area contributed by atoms with Gasteiger partial charge in [0.15, 0.2) is 0 Å². The van der Waals surface area contributed by atoms with Crippen molar-refractivity contribution in [1.29, 1.82) is 0 Å². The summed E-state index contributed by atoms with van der Waals surface area (Å²) in [5.74, 6) is 3.70. The fraction of sp³-hybridized carbons (Fsp3) is 0.955. The molecule has 0 spiro atoms. The number of hydrogen-bond acceptors (Lipinski definition) is 3. The van der Waals surface area contributed by atoms with Gasteiger partial charge in [0.1, 0.15) is 6.10 Å². The molecular weight excluding hydrogens is 312 g/mol. The number of ether oxygens (including phenoxy) is 1. The maximum absolute atomic E-state index is 11.0. The summed E-state index contributed by atoms with van der Waals surface area (Å²) in [4.78, 5) is 11.0. The topological polar surface area (TPSA) is 46.5 Å². The monoisotopic (exact) mass is 354 g/mol. The molecule has 2 rings (SSSR count). The van der Waals surface area contributed by atoms with Gasteiger partial charge in [-0.2, -0.15) is 0 Å². The third-order valence-electron chi connectivity index (χ3n) is 6.27. The minimum Gasteiger partial charge on any atom is -0.462 e. The van der Waals surface area contributed by atoms with Gasteiger partial charge in [0, 0.05) is 6.92 Å². The zero-order chi connectivity index (χ0) is 19.1. The van der Waals surface area contributed by atoms with E-state index in [9.17, 15) is 9.90 Å². The number of esters is 1. The Morgan fingerprint density at radius 2 is 1.36 bits per heavy atom. The fourth-order valence-electron chi connectivity index (χ4n) is 4.62. The first-order valence-electron chi connectivity index (χ1n) is 10.5. The lowest BCUT2D eigenvalue weighted by Gasteiger charge is -2.36. The van der Waals surface area contributed by atoms with Crippen molar-refractivity contribution in [2.45, 2.75) is 99.2 Å². The molecule has 6 atom stereocenters. The van der Waals surface area contributed by atoms with E-state index in [4.69, 9.17) is 4.74 Å². The second-order valence-corrected chi connectivity index (χ2v) is 9.37. The van der Waals surface area contributed by atoms with E-state index >= 15 is 0 Å². The third-order valence-corrected chi connectivity index (χ3v) is 6.27. The van der Waals surface area contributed by atoms with Crippen molar-refractivity contribution < 1.29 is 14.6 Å². The summed E-state index contributed by atoms with van der Waals surface area (Å²) in [6, 6.07) is 0. The van der Waals surface area contributed by atoms with E-state index in [1.54, 1.807) is 0 Å². The molecule has 0 aromatic carbocycles. The van der Waals surface area contributed by atoms with E-state index < -0.39 is 0 Å². The molecule has 2 aliphatic carbocycles. The van der Waals surface area contributed by atoms with Crippen molar-refractivity contribution in [3.63, 3.8) is 0 Å². The summed E-state index contributed by atoms with van der Waals surface area (Å²) >= 11 is 0. The van der Waals surface area contributed by atoms with Gasteiger partial charge in [-0.05, 0) is 61.2 Å². The number of rotatable bonds is 3. The molecule has 1 N–H and O–H groups in total. The fourth-order valence-corrected chi connectivity index (χ4v) is 4.62. The second kappa shape index (κ2) is 10.5. The summed E-state index contributed by atoms with van der Waals surface area (Å²) in [6.45, 7) is 14.9. The van der Waals surface area contributed by atoms with E-state index in [0.717, 1.165) is 18.8 Å². The van der Waals surface area contributed by atoms with Crippen molar-refractivity contribution >= 4 is 5.97 Å². The number of aliphatic hydroxyl groups is 1. The molecule has 0 aromatic rings. The summed E-state index contributed by atoms with van der Waals surface area (Å²) < 4.78 is 5.40. The largest absolute Gasteiger partial charge is 0.462 e. The molecule has 0 amide bonds. The van der Waals surface area contributed by atoms with Crippen LogP contribution in [0, 0.1) is 35.5 Å². The quantitative estimate of drug-likeness (QED) is 0.685. The predicted octanol–water partition coefficient (Wildman–Crippen LogP) is 5.45. The average Bonchev–Trinajstić information content (AvgIpc) is 2.46. The normalized spacial score (nSPS) is 35.9. The van der Waals surface area contributed by atoms with E-state index in [-0.39, 0.29) is 18.2 Å². The van der Waals surface area contributed by atoms with Crippen molar-refractivity contribution in [3.05, 3.63) is 0 Å². The summed E-state index contributed by atoms with van der Waals surface area (Å²) in [5.41, 5.74) is 0. The summed E-state index contributed by atoms with van der Waals surface area (Å²) in [6.07, 6.45) is 7.21. The summed E-state index contributed by atoms with van der Waals surface area (Å²) in [5, 5.41) is 9.71. The van der Waals surface area contributed by atoms with Crippen LogP contribution in [-0.4, -0.2) is 23.3 Å². The van der Waals surface area contributed by atoms with Crippen LogP contribution in [0.1, 0.15) is 87.0 Å². The molecule has 2 fully saturated rings. The molecule has 0 radical (unpaired) electrons. The van der Waals surface area contributed by atoms with Crippen LogP contribution in [0.4, 0.5) is 0 Å². The van der Waals surface area contributed by atoms with E-state index in [1.807, 2.05) is 0 Å². The van der Waals surface area contributed by atoms with Crippen molar-refractivity contribution in [3.8, 4) is 0 Å². The summed E-state index contributed by atoms with van der Waals surface area (Å²) in [7, 11) is 0. The van der Waals surface area contributed by atoms with E-state index in [1.165, 1.54) is 32.6 Å². The number of carbonyl (C=O) groups is 1. The van der Waals surface area contributed by atoms with Crippen LogP contribution in [0.25, 0.3) is 0 Å². The molecule has 0 unspecified atom stereocenters. The van der Waals surface area contributed by atoms with E-state index in [2.05, 4.69) is 41.5 Å². The molecule has 2 saturated carbocycles. The molecule has 3 heteroatoms. The lowest BCUT2D eigenvalue weighted by atomic mass is 9.75. The smallest absolute Gasteiger partial charge is 0.302 e. The minimum absolute atomic E-state index is 0.0289. The number of carbonyl (C=O) groups excluding carboxylic acids is 1. The van der Waals surface area contributed by atoms with Crippen LogP contribution in [0.5, 0.6) is 0 Å². The molecule has 2 aliphatic rings. The molecule has 0 aromatic heterocycles. The molecule has 3 nitrogen and oxygen atoms in total. The lowest BCUT2D eigenvalue weighted by Crippen LogP contribution is -2.35. The number of hydrogen-bond donors (Lipinski definition) is 1. The minimum atomic E-state index is -0.130. The van der Waals surface area contributed by atoms with Crippen molar-refractivity contribution in [2.75, 3.05) is 0 Å². The highest BCUT2D eigenvalue weighted by atomic mass is 16.5. The third kappa shape index (κ3) is 7.68. The Morgan fingerprint density at radius 1 is 0.880 bits per heavy atom. The Labute approximate surface area is 155 Å². The van der Waals surface area contributed by atoms with Crippen molar-refractivity contribution in [1.82, 2.24) is 0 Å². The van der Waals surface area contributed by atoms with Gasteiger partial charge in [-0.15, -0.1) is 0 Å². The van der Waals surface area contributed by atoms with Crippen LogP contribution >= 0.6 is 0 Å². The average molecular weight is 355 g/mol. The first kappa shape index (κ1) is 22.5. The van der Waals surface area contributed by atoms with Crippen molar-refractivity contribution in [2.24, 2.45) is 35.5 Å². The second-order valence-electron chi connectivity index (χ2n) is 9.37. The van der Waals surface area contributed by atoms with Crippen LogP contribution in [0.3, 0.4) is 0 Å². The van der Waals surface area contributed by atoms with Gasteiger partial charge in [-0.3, -0.25) is 4.79 Å². The Bertz CT molecular complexity index is 391. The Morgan fingerprint density at radius 3 is 1.80 bits per heavy atom. The zero-order valence-corrected chi connectivity index (χ0v) is 17.6. The highest BCUT2D eigenvalue weighted by Crippen LogP contribution is 2.35. The molecule has 0 saturated heterocycles. The Balaban J connectivity index is 0.000000257. The SMILES string of the molecule is CC(=O)O[C@@H]1C[C@H](C)CC[C@H]1C(C)C.CC(C)[C@@H]1CC[C@H](C)C[C@H]1O. The maximum Gasteiger partial charge on any atom is 0.302 e. The molecule has 0 heterocycles. The molecule has 0 aliphatic heterocycles. The van der Waals surface area contributed by atoms with Crippen LogP contribution in [0.2, 0.25) is 0 Å². The first-order chi connectivity index (χ1) is 11.6. The standard InChI is InChI=1S/C12H22O2.C10H20O/c1-8(2)11-6-5-9(3)7-12(11)14-10(4)13;1-7(2)9-5-4-8(3)6-10(9)11/h8-9,11-12H,5-7H2,1-4H3;7-11H,4-6H2,1-3H3/t9-,11+,12-;8-,9-,10+/m10/s1. The highest BCUT2D eigenvalue weighted by molar-refractivity contribution is 5.66. The molecule has 0 bridgehead atoms. The molecule has 148 valence electrons. The van der Waals surface area contributed by atoms with Gasteiger partial charge < -0.3 is 9.84 Å². The van der Waals surface area contributed by atoms with Gasteiger partial charge in [-0.1, -0.05) is 54.4 Å². The first-order valence-corrected chi connectivity index (χ1v) is 10.5. The Hall–Kier alpha value is -0.570. The zero-order valence-electron chi connectivity index (χ0n) is 17.6. The molecule has 25 heavy (non-hydrogen) atoms. The Kier molecular flexibility index (Phi) is 9.48. The van der Waals surface area contributed by atoms with Gasteiger partial charge in [0.2, 0.25) is 0 Å². The van der Waals surface area contributed by atoms with Crippen LogP contribution in [-0.2, 0) is 9.53 Å². The van der Waals surface area contributed by atoms with Crippen LogP contribution < -0.4 is 0 Å². The van der Waals surface area contributed by atoms with Gasteiger partial charge in [0.25, 0.3) is 0 Å². The van der Waals surface area contributed by atoms with Crippen LogP contribution in [0.15, 0.2) is 0 Å². The predicted molar refractivity (Wildman–Crippen MR) is 104 cm³/mol. The van der Waals surface area contributed by atoms with Gasteiger partial charge in [-0.25, -0.2) is 0 Å². The van der Waals surface area contributed by atoms with Gasteiger partial charge >= 0.3 is 5.97 Å². The highest BCUT2D eigenvalue weighted by Gasteiger charge is 2.32. The van der Waals surface area contributed by atoms with E-state index in [0.29, 0.717) is 29.6 Å². The molecular formula is C22H42O3. The lowest BCUT2D eigenvalue weighted by molar-refractivity contribution is -0.153.